The van der Waals surface area contributed by atoms with E-state index < -0.39 is 0 Å². The standard InChI is InChI=1S/C56H36N2S/c1-2-12-41-34-46(31-24-37(41)10-1)58-53-17-7-5-15-48(53)50-35-42(25-32-54(50)58)38-20-27-44(28-21-38)57(52-18-9-13-40-11-3-4-14-47(40)52)45-29-22-39(23-30-45)43-26-33-56-51(36-43)49-16-6-8-19-55(49)59-56/h1-36H. The molecule has 0 spiro atoms. The second-order valence-corrected chi connectivity index (χ2v) is 16.4. The number of hydrogen-bond donors (Lipinski definition) is 0. The van der Waals surface area contributed by atoms with Crippen LogP contribution in [0.2, 0.25) is 0 Å². The van der Waals surface area contributed by atoms with E-state index >= 15 is 0 Å². The third kappa shape index (κ3) is 5.62. The molecule has 0 fully saturated rings. The lowest BCUT2D eigenvalue weighted by molar-refractivity contribution is 1.19. The molecule has 10 aromatic carbocycles. The van der Waals surface area contributed by atoms with Gasteiger partial charge in [0.2, 0.25) is 0 Å². The Morgan fingerprint density at radius 1 is 0.322 bits per heavy atom. The van der Waals surface area contributed by atoms with Crippen molar-refractivity contribution in [3.8, 4) is 27.9 Å². The van der Waals surface area contributed by atoms with Crippen molar-refractivity contribution >= 4 is 91.9 Å². The van der Waals surface area contributed by atoms with Crippen LogP contribution in [-0.4, -0.2) is 4.57 Å². The lowest BCUT2D eigenvalue weighted by Crippen LogP contribution is -2.10. The largest absolute Gasteiger partial charge is 0.310 e. The highest BCUT2D eigenvalue weighted by atomic mass is 32.1. The van der Waals surface area contributed by atoms with Crippen LogP contribution in [0.15, 0.2) is 218 Å². The van der Waals surface area contributed by atoms with Gasteiger partial charge in [-0.3, -0.25) is 0 Å². The van der Waals surface area contributed by atoms with Crippen LogP contribution >= 0.6 is 11.3 Å². The van der Waals surface area contributed by atoms with Gasteiger partial charge in [0.25, 0.3) is 0 Å². The molecule has 2 nitrogen and oxygen atoms in total. The fourth-order valence-electron chi connectivity index (χ4n) is 9.09. The van der Waals surface area contributed by atoms with Crippen molar-refractivity contribution in [3.05, 3.63) is 218 Å². The van der Waals surface area contributed by atoms with E-state index in [2.05, 4.69) is 228 Å². The summed E-state index contributed by atoms with van der Waals surface area (Å²) < 4.78 is 5.06. The molecule has 0 aliphatic carbocycles. The van der Waals surface area contributed by atoms with Gasteiger partial charge in [-0.2, -0.15) is 0 Å². The minimum Gasteiger partial charge on any atom is -0.310 e. The number of rotatable bonds is 6. The van der Waals surface area contributed by atoms with Crippen molar-refractivity contribution in [2.75, 3.05) is 4.90 Å². The van der Waals surface area contributed by atoms with Crippen molar-refractivity contribution in [2.45, 2.75) is 0 Å². The Hall–Kier alpha value is -7.46. The molecule has 2 heterocycles. The van der Waals surface area contributed by atoms with Gasteiger partial charge in [-0.1, -0.05) is 140 Å². The Morgan fingerprint density at radius 2 is 0.881 bits per heavy atom. The van der Waals surface area contributed by atoms with Crippen LogP contribution in [0.1, 0.15) is 0 Å². The van der Waals surface area contributed by atoms with Crippen molar-refractivity contribution in [1.82, 2.24) is 4.57 Å². The molecule has 0 unspecified atom stereocenters. The Morgan fingerprint density at radius 3 is 1.66 bits per heavy atom. The molecule has 0 aliphatic rings. The number of benzene rings is 10. The highest BCUT2D eigenvalue weighted by Crippen LogP contribution is 2.42. The predicted octanol–water partition coefficient (Wildman–Crippen LogP) is 16.3. The normalized spacial score (nSPS) is 11.7. The molecule has 3 heteroatoms. The molecular formula is C56H36N2S. The molecular weight excluding hydrogens is 733 g/mol. The van der Waals surface area contributed by atoms with Gasteiger partial charge in [-0.25, -0.2) is 0 Å². The Labute approximate surface area is 346 Å². The molecule has 0 N–H and O–H groups in total. The zero-order valence-electron chi connectivity index (χ0n) is 32.1. The highest BCUT2D eigenvalue weighted by Gasteiger charge is 2.18. The summed E-state index contributed by atoms with van der Waals surface area (Å²) in [5.74, 6) is 0. The van der Waals surface area contributed by atoms with Crippen LogP contribution in [0, 0.1) is 0 Å². The van der Waals surface area contributed by atoms with Gasteiger partial charge < -0.3 is 9.47 Å². The van der Waals surface area contributed by atoms with E-state index in [4.69, 9.17) is 0 Å². The van der Waals surface area contributed by atoms with Gasteiger partial charge in [-0.15, -0.1) is 11.3 Å². The molecule has 0 bridgehead atoms. The van der Waals surface area contributed by atoms with E-state index in [0.717, 1.165) is 17.1 Å². The first kappa shape index (κ1) is 33.7. The third-order valence-electron chi connectivity index (χ3n) is 12.0. The van der Waals surface area contributed by atoms with Crippen LogP contribution in [0.5, 0.6) is 0 Å². The Bertz CT molecular complexity index is 3550. The van der Waals surface area contributed by atoms with Crippen molar-refractivity contribution in [3.63, 3.8) is 0 Å². The van der Waals surface area contributed by atoms with Crippen LogP contribution in [0.4, 0.5) is 17.1 Å². The number of hydrogen-bond acceptors (Lipinski definition) is 2. The topological polar surface area (TPSA) is 8.17 Å². The average molecular weight is 769 g/mol. The first-order valence-electron chi connectivity index (χ1n) is 20.2. The summed E-state index contributed by atoms with van der Waals surface area (Å²) in [6, 6.07) is 80.0. The van der Waals surface area contributed by atoms with Crippen LogP contribution in [-0.2, 0) is 0 Å². The lowest BCUT2D eigenvalue weighted by atomic mass is 10.0. The molecule has 0 radical (unpaired) electrons. The van der Waals surface area contributed by atoms with Crippen LogP contribution in [0.25, 0.3) is 91.5 Å². The number of nitrogens with zero attached hydrogens (tertiary/aromatic N) is 2. The second-order valence-electron chi connectivity index (χ2n) is 15.4. The number of aromatic nitrogens is 1. The smallest absolute Gasteiger partial charge is 0.0541 e. The summed E-state index contributed by atoms with van der Waals surface area (Å²) in [5.41, 5.74) is 11.8. The number of para-hydroxylation sites is 1. The predicted molar refractivity (Wildman–Crippen MR) is 254 cm³/mol. The molecule has 0 atom stereocenters. The van der Waals surface area contributed by atoms with Gasteiger partial charge in [-0.05, 0) is 117 Å². The summed E-state index contributed by atoms with van der Waals surface area (Å²) >= 11 is 1.86. The summed E-state index contributed by atoms with van der Waals surface area (Å²) in [6.07, 6.45) is 0. The van der Waals surface area contributed by atoms with Gasteiger partial charge in [0, 0.05) is 53.4 Å². The summed E-state index contributed by atoms with van der Waals surface area (Å²) in [7, 11) is 0. The third-order valence-corrected chi connectivity index (χ3v) is 13.1. The minimum atomic E-state index is 1.11. The lowest BCUT2D eigenvalue weighted by Gasteiger charge is -2.27. The van der Waals surface area contributed by atoms with Crippen molar-refractivity contribution in [1.29, 1.82) is 0 Å². The zero-order chi connectivity index (χ0) is 38.9. The Kier molecular flexibility index (Phi) is 7.75. The SMILES string of the molecule is c1ccc2cc(-n3c4ccccc4c4cc(-c5ccc(N(c6ccc(-c7ccc8sc9ccccc9c8c7)cc6)c6cccc7ccccc67)cc5)ccc43)ccc2c1. The van der Waals surface area contributed by atoms with E-state index in [9.17, 15) is 0 Å². The summed E-state index contributed by atoms with van der Waals surface area (Å²) in [6.45, 7) is 0. The summed E-state index contributed by atoms with van der Waals surface area (Å²) in [4.78, 5) is 2.39. The van der Waals surface area contributed by atoms with Crippen molar-refractivity contribution in [2.24, 2.45) is 0 Å². The molecule has 276 valence electrons. The monoisotopic (exact) mass is 768 g/mol. The average Bonchev–Trinajstić information content (AvgIpc) is 3.85. The van der Waals surface area contributed by atoms with Crippen LogP contribution in [0.3, 0.4) is 0 Å². The van der Waals surface area contributed by atoms with Gasteiger partial charge in [0.15, 0.2) is 0 Å². The van der Waals surface area contributed by atoms with Gasteiger partial charge in [0.05, 0.1) is 16.7 Å². The fourth-order valence-corrected chi connectivity index (χ4v) is 10.2. The summed E-state index contributed by atoms with van der Waals surface area (Å²) in [5, 5.41) is 10.1. The van der Waals surface area contributed by atoms with E-state index in [1.54, 1.807) is 0 Å². The second kappa shape index (κ2) is 13.6. The first-order chi connectivity index (χ1) is 29.2. The van der Waals surface area contributed by atoms with Crippen molar-refractivity contribution < 1.29 is 0 Å². The molecule has 0 saturated heterocycles. The molecule has 0 amide bonds. The minimum absolute atomic E-state index is 1.11. The molecule has 0 aliphatic heterocycles. The maximum atomic E-state index is 2.40. The number of fused-ring (bicyclic) bond motifs is 8. The number of anilines is 3. The van der Waals surface area contributed by atoms with E-state index in [1.807, 2.05) is 11.3 Å². The maximum Gasteiger partial charge on any atom is 0.0541 e. The molecule has 12 rings (SSSR count). The van der Waals surface area contributed by atoms with E-state index in [-0.39, 0.29) is 0 Å². The van der Waals surface area contributed by atoms with E-state index in [1.165, 1.54) is 91.5 Å². The Balaban J connectivity index is 0.937. The molecule has 59 heavy (non-hydrogen) atoms. The molecule has 0 saturated carbocycles. The quantitative estimate of drug-likeness (QED) is 0.164. The molecule has 12 aromatic rings. The first-order valence-corrected chi connectivity index (χ1v) is 21.0. The van der Waals surface area contributed by atoms with Crippen LogP contribution < -0.4 is 4.90 Å². The fraction of sp³-hybridized carbons (Fsp3) is 0. The maximum absolute atomic E-state index is 2.40. The number of thiophene rings is 1. The zero-order valence-corrected chi connectivity index (χ0v) is 32.9. The van der Waals surface area contributed by atoms with E-state index in [0.29, 0.717) is 0 Å². The highest BCUT2D eigenvalue weighted by molar-refractivity contribution is 7.25. The van der Waals surface area contributed by atoms with Gasteiger partial charge in [0.1, 0.15) is 0 Å². The van der Waals surface area contributed by atoms with Gasteiger partial charge >= 0.3 is 0 Å². The molecule has 2 aromatic heterocycles.